The maximum atomic E-state index is 12.2. The van der Waals surface area contributed by atoms with E-state index in [9.17, 15) is 14.7 Å². The molecule has 0 saturated heterocycles. The molecule has 3 nitrogen and oxygen atoms in total. The smallest absolute Gasteiger partial charge is 0.186 e. The van der Waals surface area contributed by atoms with Crippen LogP contribution in [0.4, 0.5) is 0 Å². The van der Waals surface area contributed by atoms with Crippen molar-refractivity contribution in [1.29, 1.82) is 0 Å². The lowest BCUT2D eigenvalue weighted by Gasteiger charge is -2.61. The molecule has 0 aromatic rings. The molecule has 2 unspecified atom stereocenters. The zero-order valence-electron chi connectivity index (χ0n) is 17.9. The molecule has 0 aliphatic heterocycles. The Labute approximate surface area is 173 Å². The number of carbonyl (C=O) groups is 2. The van der Waals surface area contributed by atoms with Crippen LogP contribution in [-0.4, -0.2) is 27.4 Å². The van der Waals surface area contributed by atoms with Gasteiger partial charge >= 0.3 is 0 Å². The molecule has 0 bridgehead atoms. The predicted molar refractivity (Wildman–Crippen MR) is 114 cm³/mol. The van der Waals surface area contributed by atoms with Crippen LogP contribution < -0.4 is 0 Å². The van der Waals surface area contributed by atoms with E-state index in [1.807, 2.05) is 6.08 Å². The first kappa shape index (κ1) is 20.4. The van der Waals surface area contributed by atoms with E-state index in [2.05, 4.69) is 27.7 Å². The second kappa shape index (κ2) is 6.84. The van der Waals surface area contributed by atoms with E-state index >= 15 is 0 Å². The van der Waals surface area contributed by atoms with Gasteiger partial charge in [0.1, 0.15) is 0 Å². The van der Waals surface area contributed by atoms with E-state index in [0.717, 1.165) is 32.1 Å². The van der Waals surface area contributed by atoms with Crippen LogP contribution in [0.2, 0.25) is 0 Å². The second-order valence-electron chi connectivity index (χ2n) is 10.3. The molecular formula is C24H34O3S. The minimum atomic E-state index is -0.379. The van der Waals surface area contributed by atoms with E-state index in [0.29, 0.717) is 18.3 Å². The Balaban J connectivity index is 1.83. The monoisotopic (exact) mass is 402 g/mol. The number of fused-ring (bicyclic) bond motifs is 5. The van der Waals surface area contributed by atoms with Crippen LogP contribution in [0.5, 0.6) is 0 Å². The molecule has 0 aromatic heterocycles. The van der Waals surface area contributed by atoms with Crippen molar-refractivity contribution in [2.24, 2.45) is 28.6 Å². The average molecular weight is 403 g/mol. The number of allylic oxidation sites excluding steroid dienone is 3. The van der Waals surface area contributed by atoms with Crippen LogP contribution in [0, 0.1) is 28.6 Å². The number of ketones is 1. The van der Waals surface area contributed by atoms with Crippen molar-refractivity contribution >= 4 is 22.7 Å². The Morgan fingerprint density at radius 3 is 2.54 bits per heavy atom. The molecule has 154 valence electrons. The van der Waals surface area contributed by atoms with Crippen LogP contribution in [0.3, 0.4) is 0 Å². The molecule has 0 spiro atoms. The quantitative estimate of drug-likeness (QED) is 0.621. The topological polar surface area (TPSA) is 54.4 Å². The zero-order valence-corrected chi connectivity index (χ0v) is 18.7. The third-order valence-electron chi connectivity index (χ3n) is 8.61. The molecule has 0 heterocycles. The molecule has 7 atom stereocenters. The summed E-state index contributed by atoms with van der Waals surface area (Å²) >= 11 is 1.46. The molecule has 28 heavy (non-hydrogen) atoms. The van der Waals surface area contributed by atoms with Gasteiger partial charge < -0.3 is 5.11 Å². The van der Waals surface area contributed by atoms with Crippen LogP contribution in [0.25, 0.3) is 0 Å². The standard InChI is InChI=1S/C24H34O3S/c1-13(2)17-6-7-18-21-20(28-14(3)25)11-15-10-16(26)8-9-23(15,4)22(21)19(27)12-24(17,18)5/h10,18-22,27H,6-9,11-12H2,1-5H3/t18-,19?,20?,21+,22-,23-,24+/m0/s1. The van der Waals surface area contributed by atoms with Gasteiger partial charge in [-0.25, -0.2) is 0 Å². The van der Waals surface area contributed by atoms with Gasteiger partial charge in [0.15, 0.2) is 10.9 Å². The number of carbonyl (C=O) groups excluding carboxylic acids is 2. The largest absolute Gasteiger partial charge is 0.393 e. The SMILES string of the molecule is CC(=O)SC1CC2=CC(=O)CC[C@]2(C)[C@H]2C(O)C[C@]3(C)C(=C(C)C)CC[C@H]3[C@H]12. The summed E-state index contributed by atoms with van der Waals surface area (Å²) < 4.78 is 0. The third-order valence-corrected chi connectivity index (χ3v) is 9.72. The lowest BCUT2D eigenvalue weighted by Crippen LogP contribution is -2.59. The first-order valence-electron chi connectivity index (χ1n) is 10.8. The number of thioether (sulfide) groups is 1. The zero-order chi connectivity index (χ0) is 20.4. The number of aliphatic hydroxyl groups is 1. The van der Waals surface area contributed by atoms with Gasteiger partial charge in [-0.1, -0.05) is 42.3 Å². The summed E-state index contributed by atoms with van der Waals surface area (Å²) in [5.74, 6) is 1.20. The van der Waals surface area contributed by atoms with E-state index < -0.39 is 0 Å². The minimum Gasteiger partial charge on any atom is -0.393 e. The molecule has 4 heteroatoms. The second-order valence-corrected chi connectivity index (χ2v) is 11.7. The number of aliphatic hydroxyl groups excluding tert-OH is 1. The number of hydrogen-bond acceptors (Lipinski definition) is 4. The molecule has 0 amide bonds. The highest BCUT2D eigenvalue weighted by molar-refractivity contribution is 8.14. The molecule has 3 fully saturated rings. The summed E-state index contributed by atoms with van der Waals surface area (Å²) in [5, 5.41) is 11.8. The summed E-state index contributed by atoms with van der Waals surface area (Å²) in [6.45, 7) is 10.7. The van der Waals surface area contributed by atoms with Gasteiger partial charge in [0.05, 0.1) is 6.10 Å². The normalized spacial score (nSPS) is 45.1. The molecule has 4 rings (SSSR count). The van der Waals surface area contributed by atoms with Crippen LogP contribution in [0.1, 0.15) is 73.1 Å². The summed E-state index contributed by atoms with van der Waals surface area (Å²) in [5.41, 5.74) is 4.05. The Bertz CT molecular complexity index is 777. The average Bonchev–Trinajstić information content (AvgIpc) is 2.92. The van der Waals surface area contributed by atoms with Gasteiger partial charge in [0.25, 0.3) is 0 Å². The Hall–Kier alpha value is -0.870. The fourth-order valence-corrected chi connectivity index (χ4v) is 8.79. The Kier molecular flexibility index (Phi) is 4.98. The molecule has 1 N–H and O–H groups in total. The lowest BCUT2D eigenvalue weighted by atomic mass is 9.46. The van der Waals surface area contributed by atoms with Crippen molar-refractivity contribution in [2.75, 3.05) is 0 Å². The number of rotatable bonds is 1. The predicted octanol–water partition coefficient (Wildman–Crippen LogP) is 5.08. The fraction of sp³-hybridized carbons (Fsp3) is 0.750. The first-order chi connectivity index (χ1) is 13.1. The van der Waals surface area contributed by atoms with Crippen molar-refractivity contribution in [3.05, 3.63) is 22.8 Å². The first-order valence-corrected chi connectivity index (χ1v) is 11.7. The summed E-state index contributed by atoms with van der Waals surface area (Å²) in [4.78, 5) is 24.3. The Morgan fingerprint density at radius 1 is 1.18 bits per heavy atom. The van der Waals surface area contributed by atoms with Crippen LogP contribution in [-0.2, 0) is 9.59 Å². The molecule has 4 aliphatic carbocycles. The van der Waals surface area contributed by atoms with E-state index in [1.165, 1.54) is 28.5 Å². The highest BCUT2D eigenvalue weighted by Crippen LogP contribution is 2.68. The molecule has 4 aliphatic rings. The van der Waals surface area contributed by atoms with Gasteiger partial charge in [0, 0.05) is 18.6 Å². The van der Waals surface area contributed by atoms with Crippen molar-refractivity contribution in [1.82, 2.24) is 0 Å². The number of hydrogen-bond donors (Lipinski definition) is 1. The van der Waals surface area contributed by atoms with E-state index in [4.69, 9.17) is 0 Å². The van der Waals surface area contributed by atoms with Crippen molar-refractivity contribution < 1.29 is 14.7 Å². The minimum absolute atomic E-state index is 0.0388. The van der Waals surface area contributed by atoms with Gasteiger partial charge in [0.2, 0.25) is 0 Å². The van der Waals surface area contributed by atoms with Gasteiger partial charge in [-0.2, -0.15) is 0 Å². The molecule has 0 aromatic carbocycles. The van der Waals surface area contributed by atoms with Crippen LogP contribution >= 0.6 is 11.8 Å². The molecule has 0 radical (unpaired) electrons. The molecular weight excluding hydrogens is 368 g/mol. The van der Waals surface area contributed by atoms with Gasteiger partial charge in [-0.3, -0.25) is 9.59 Å². The van der Waals surface area contributed by atoms with Crippen LogP contribution in [0.15, 0.2) is 22.8 Å². The summed E-state index contributed by atoms with van der Waals surface area (Å²) in [6, 6.07) is 0. The fourth-order valence-electron chi connectivity index (χ4n) is 7.58. The maximum Gasteiger partial charge on any atom is 0.186 e. The van der Waals surface area contributed by atoms with E-state index in [1.54, 1.807) is 6.92 Å². The summed E-state index contributed by atoms with van der Waals surface area (Å²) in [6.07, 6.45) is 6.81. The highest BCUT2D eigenvalue weighted by atomic mass is 32.2. The lowest BCUT2D eigenvalue weighted by molar-refractivity contribution is -0.123. The highest BCUT2D eigenvalue weighted by Gasteiger charge is 2.63. The van der Waals surface area contributed by atoms with Crippen molar-refractivity contribution in [3.8, 4) is 0 Å². The van der Waals surface area contributed by atoms with Crippen molar-refractivity contribution in [2.45, 2.75) is 84.5 Å². The third kappa shape index (κ3) is 2.89. The maximum absolute atomic E-state index is 12.2. The van der Waals surface area contributed by atoms with Crippen molar-refractivity contribution in [3.63, 3.8) is 0 Å². The van der Waals surface area contributed by atoms with Gasteiger partial charge in [-0.15, -0.1) is 0 Å². The van der Waals surface area contributed by atoms with Gasteiger partial charge in [-0.05, 0) is 80.6 Å². The Morgan fingerprint density at radius 2 is 1.89 bits per heavy atom. The molecule has 3 saturated carbocycles. The van der Waals surface area contributed by atoms with E-state index in [-0.39, 0.29) is 39.0 Å². The summed E-state index contributed by atoms with van der Waals surface area (Å²) in [7, 11) is 0.